The van der Waals surface area contributed by atoms with E-state index in [1.807, 2.05) is 0 Å². The molecule has 0 aliphatic carbocycles. The van der Waals surface area contributed by atoms with E-state index < -0.39 is 30.4 Å². The average molecular weight is 357 g/mol. The molecule has 4 nitrogen and oxygen atoms in total. The van der Waals surface area contributed by atoms with Crippen molar-refractivity contribution in [1.29, 1.82) is 0 Å². The lowest BCUT2D eigenvalue weighted by Crippen LogP contribution is -2.41. The first-order chi connectivity index (χ1) is 11.8. The zero-order valence-corrected chi connectivity index (χ0v) is 13.8. The Labute approximate surface area is 144 Å². The fraction of sp³-hybridized carbons (Fsp3) is 0.556. The van der Waals surface area contributed by atoms with E-state index >= 15 is 0 Å². The normalized spacial score (nSPS) is 19.5. The molecule has 2 unspecified atom stereocenters. The number of amides is 1. The van der Waals surface area contributed by atoms with Crippen LogP contribution in [0.3, 0.4) is 0 Å². The number of carbonyl (C=O) groups excluding carboxylic acids is 1. The number of likely N-dealkylation sites (tertiary alicyclic amines) is 1. The van der Waals surface area contributed by atoms with E-state index in [1.165, 1.54) is 29.2 Å². The second-order valence-electron chi connectivity index (χ2n) is 6.49. The summed E-state index contributed by atoms with van der Waals surface area (Å²) in [4.78, 5) is 24.5. The molecule has 0 radical (unpaired) electrons. The van der Waals surface area contributed by atoms with E-state index in [0.717, 1.165) is 6.42 Å². The topological polar surface area (TPSA) is 57.6 Å². The molecule has 1 heterocycles. The van der Waals surface area contributed by atoms with Crippen molar-refractivity contribution in [1.82, 2.24) is 4.90 Å². The molecule has 1 aliphatic rings. The summed E-state index contributed by atoms with van der Waals surface area (Å²) in [5, 5.41) is 8.75. The van der Waals surface area contributed by atoms with Crippen LogP contribution < -0.4 is 0 Å². The van der Waals surface area contributed by atoms with E-state index in [4.69, 9.17) is 5.11 Å². The number of benzene rings is 1. The first-order valence-electron chi connectivity index (χ1n) is 8.38. The minimum atomic E-state index is -4.49. The number of alkyl halides is 3. The van der Waals surface area contributed by atoms with Crippen molar-refractivity contribution in [2.24, 2.45) is 5.92 Å². The van der Waals surface area contributed by atoms with Crippen LogP contribution in [-0.2, 0) is 9.59 Å². The number of halogens is 3. The molecular formula is C18H22F3NO3. The molecule has 1 aliphatic heterocycles. The van der Waals surface area contributed by atoms with Crippen molar-refractivity contribution < 1.29 is 27.9 Å². The lowest BCUT2D eigenvalue weighted by molar-refractivity contribution is -0.161. The zero-order chi connectivity index (χ0) is 18.4. The molecule has 1 aromatic rings. The Morgan fingerprint density at radius 1 is 1.24 bits per heavy atom. The van der Waals surface area contributed by atoms with Crippen LogP contribution in [0.15, 0.2) is 30.3 Å². The standard InChI is InChI=1S/C18H22F3NO3/c19-18(20,21)15(14-6-2-1-3-7-14)11-16(23)22-10-4-5-13(12-22)8-9-17(24)25/h1-3,6-7,13,15H,4-5,8-12H2,(H,24,25). The number of carbonyl (C=O) groups is 2. The number of carboxylic acid groups (broad SMARTS) is 1. The number of hydrogen-bond donors (Lipinski definition) is 1. The highest BCUT2D eigenvalue weighted by Gasteiger charge is 2.42. The van der Waals surface area contributed by atoms with E-state index in [9.17, 15) is 22.8 Å². The Bertz CT molecular complexity index is 589. The van der Waals surface area contributed by atoms with Gasteiger partial charge in [0.25, 0.3) is 0 Å². The van der Waals surface area contributed by atoms with Crippen molar-refractivity contribution in [3.8, 4) is 0 Å². The Morgan fingerprint density at radius 3 is 2.52 bits per heavy atom. The molecule has 0 aromatic heterocycles. The van der Waals surface area contributed by atoms with E-state index in [2.05, 4.69) is 0 Å². The molecule has 1 aromatic carbocycles. The monoisotopic (exact) mass is 357 g/mol. The summed E-state index contributed by atoms with van der Waals surface area (Å²) in [6.07, 6.45) is -3.15. The number of nitrogens with zero attached hydrogens (tertiary/aromatic N) is 1. The maximum Gasteiger partial charge on any atom is 0.396 e. The number of carboxylic acids is 1. The lowest BCUT2D eigenvalue weighted by atomic mass is 9.91. The molecule has 25 heavy (non-hydrogen) atoms. The van der Waals surface area contributed by atoms with E-state index in [-0.39, 0.29) is 17.9 Å². The fourth-order valence-electron chi connectivity index (χ4n) is 3.27. The third kappa shape index (κ3) is 5.76. The third-order valence-electron chi connectivity index (χ3n) is 4.61. The molecule has 0 saturated carbocycles. The van der Waals surface area contributed by atoms with Gasteiger partial charge >= 0.3 is 12.1 Å². The molecule has 1 fully saturated rings. The summed E-state index contributed by atoms with van der Waals surface area (Å²) in [5.41, 5.74) is 0.0859. The van der Waals surface area contributed by atoms with Gasteiger partial charge in [-0.2, -0.15) is 13.2 Å². The smallest absolute Gasteiger partial charge is 0.396 e. The zero-order valence-electron chi connectivity index (χ0n) is 13.8. The van der Waals surface area contributed by atoms with Crippen molar-refractivity contribution in [3.05, 3.63) is 35.9 Å². The predicted molar refractivity (Wildman–Crippen MR) is 86.0 cm³/mol. The molecule has 7 heteroatoms. The molecule has 1 N–H and O–H groups in total. The Balaban J connectivity index is 2.01. The van der Waals surface area contributed by atoms with Gasteiger partial charge in [-0.1, -0.05) is 30.3 Å². The van der Waals surface area contributed by atoms with Crippen LogP contribution in [0, 0.1) is 5.92 Å². The number of rotatable bonds is 6. The maximum atomic E-state index is 13.4. The molecule has 1 saturated heterocycles. The second kappa shape index (κ2) is 8.36. The fourth-order valence-corrected chi connectivity index (χ4v) is 3.27. The van der Waals surface area contributed by atoms with Gasteiger partial charge in [0, 0.05) is 25.9 Å². The predicted octanol–water partition coefficient (Wildman–Crippen LogP) is 3.83. The van der Waals surface area contributed by atoms with Crippen LogP contribution in [0.1, 0.15) is 43.6 Å². The molecule has 0 spiro atoms. The molecular weight excluding hydrogens is 335 g/mol. The second-order valence-corrected chi connectivity index (χ2v) is 6.49. The average Bonchev–Trinajstić information content (AvgIpc) is 2.57. The summed E-state index contributed by atoms with van der Waals surface area (Å²) < 4.78 is 40.2. The van der Waals surface area contributed by atoms with Gasteiger partial charge in [0.1, 0.15) is 0 Å². The molecule has 0 bridgehead atoms. The van der Waals surface area contributed by atoms with Crippen LogP contribution in [0.25, 0.3) is 0 Å². The van der Waals surface area contributed by atoms with Gasteiger partial charge in [0.05, 0.1) is 5.92 Å². The maximum absolute atomic E-state index is 13.4. The van der Waals surface area contributed by atoms with Crippen molar-refractivity contribution in [3.63, 3.8) is 0 Å². The van der Waals surface area contributed by atoms with Crippen LogP contribution in [0.2, 0.25) is 0 Å². The number of hydrogen-bond acceptors (Lipinski definition) is 2. The van der Waals surface area contributed by atoms with Crippen LogP contribution in [0.5, 0.6) is 0 Å². The first kappa shape index (κ1) is 19.3. The quantitative estimate of drug-likeness (QED) is 0.842. The highest BCUT2D eigenvalue weighted by Crippen LogP contribution is 2.38. The number of aliphatic carboxylic acids is 1. The molecule has 138 valence electrons. The van der Waals surface area contributed by atoms with E-state index in [1.54, 1.807) is 6.07 Å². The molecule has 1 amide bonds. The largest absolute Gasteiger partial charge is 0.481 e. The van der Waals surface area contributed by atoms with Gasteiger partial charge in [-0.15, -0.1) is 0 Å². The van der Waals surface area contributed by atoms with Gasteiger partial charge in [0.2, 0.25) is 5.91 Å². The lowest BCUT2D eigenvalue weighted by Gasteiger charge is -2.34. The summed E-state index contributed by atoms with van der Waals surface area (Å²) in [6, 6.07) is 7.47. The number of piperidine rings is 1. The van der Waals surface area contributed by atoms with Crippen LogP contribution in [-0.4, -0.2) is 41.1 Å². The van der Waals surface area contributed by atoms with Gasteiger partial charge in [0.15, 0.2) is 0 Å². The van der Waals surface area contributed by atoms with Crippen LogP contribution in [0.4, 0.5) is 13.2 Å². The first-order valence-corrected chi connectivity index (χ1v) is 8.38. The van der Waals surface area contributed by atoms with Gasteiger partial charge in [-0.25, -0.2) is 0 Å². The van der Waals surface area contributed by atoms with Crippen molar-refractivity contribution >= 4 is 11.9 Å². The van der Waals surface area contributed by atoms with E-state index in [0.29, 0.717) is 25.9 Å². The van der Waals surface area contributed by atoms with Gasteiger partial charge < -0.3 is 10.0 Å². The summed E-state index contributed by atoms with van der Waals surface area (Å²) >= 11 is 0. The van der Waals surface area contributed by atoms with Crippen molar-refractivity contribution in [2.75, 3.05) is 13.1 Å². The minimum Gasteiger partial charge on any atom is -0.481 e. The summed E-state index contributed by atoms with van der Waals surface area (Å²) in [7, 11) is 0. The summed E-state index contributed by atoms with van der Waals surface area (Å²) in [5.74, 6) is -3.20. The molecule has 2 rings (SSSR count). The third-order valence-corrected chi connectivity index (χ3v) is 4.61. The minimum absolute atomic E-state index is 0.0158. The highest BCUT2D eigenvalue weighted by molar-refractivity contribution is 5.77. The Hall–Kier alpha value is -2.05. The molecule has 2 atom stereocenters. The SMILES string of the molecule is O=C(O)CCC1CCCN(C(=O)CC(c2ccccc2)C(F)(F)F)C1. The van der Waals surface area contributed by atoms with Gasteiger partial charge in [-0.3, -0.25) is 9.59 Å². The summed E-state index contributed by atoms with van der Waals surface area (Å²) in [6.45, 7) is 0.771. The Kier molecular flexibility index (Phi) is 6.45. The highest BCUT2D eigenvalue weighted by atomic mass is 19.4. The van der Waals surface area contributed by atoms with Crippen molar-refractivity contribution in [2.45, 2.75) is 44.2 Å². The van der Waals surface area contributed by atoms with Gasteiger partial charge in [-0.05, 0) is 30.7 Å². The Morgan fingerprint density at radius 2 is 1.92 bits per heavy atom. The van der Waals surface area contributed by atoms with Crippen LogP contribution >= 0.6 is 0 Å².